The van der Waals surface area contributed by atoms with Crippen molar-refractivity contribution >= 4 is 34.6 Å². The third kappa shape index (κ3) is 6.77. The molecule has 0 radical (unpaired) electrons. The molecule has 4 aromatic carbocycles. The summed E-state index contributed by atoms with van der Waals surface area (Å²) in [5.74, 6) is 0.882. The second-order valence-corrected chi connectivity index (χ2v) is 15.0. The van der Waals surface area contributed by atoms with Crippen molar-refractivity contribution in [1.29, 1.82) is 0 Å². The maximum Gasteiger partial charge on any atom is 0.144 e. The van der Waals surface area contributed by atoms with Gasteiger partial charge in [-0.05, 0) is 73.2 Å². The summed E-state index contributed by atoms with van der Waals surface area (Å²) in [6, 6.07) is 36.0. The zero-order chi connectivity index (χ0) is 33.5. The summed E-state index contributed by atoms with van der Waals surface area (Å²) in [4.78, 5) is 4.62. The van der Waals surface area contributed by atoms with Gasteiger partial charge >= 0.3 is 0 Å². The number of halogens is 2. The van der Waals surface area contributed by atoms with E-state index < -0.39 is 0 Å². The van der Waals surface area contributed by atoms with Crippen LogP contribution in [0.2, 0.25) is 10.0 Å². The first-order valence-electron chi connectivity index (χ1n) is 16.4. The van der Waals surface area contributed by atoms with Crippen LogP contribution in [0.15, 0.2) is 103 Å². The van der Waals surface area contributed by atoms with Gasteiger partial charge < -0.3 is 19.1 Å². The third-order valence-electron chi connectivity index (χ3n) is 9.18. The third-order valence-corrected chi connectivity index (χ3v) is 9.79. The van der Waals surface area contributed by atoms with Crippen LogP contribution in [-0.2, 0) is 0 Å². The fourth-order valence-corrected chi connectivity index (χ4v) is 7.74. The Kier molecular flexibility index (Phi) is 9.38. The van der Waals surface area contributed by atoms with Crippen molar-refractivity contribution in [1.82, 2.24) is 4.57 Å². The number of aromatic nitrogens is 1. The van der Waals surface area contributed by atoms with E-state index in [1.54, 1.807) is 0 Å². The van der Waals surface area contributed by atoms with E-state index in [2.05, 4.69) is 148 Å². The summed E-state index contributed by atoms with van der Waals surface area (Å²) in [6.07, 6.45) is 1.35. The van der Waals surface area contributed by atoms with Crippen molar-refractivity contribution < 1.29 is 4.74 Å². The molecule has 0 bridgehead atoms. The Morgan fingerprint density at radius 1 is 0.745 bits per heavy atom. The van der Waals surface area contributed by atoms with Gasteiger partial charge in [0.2, 0.25) is 0 Å². The predicted octanol–water partition coefficient (Wildman–Crippen LogP) is 11.5. The first-order chi connectivity index (χ1) is 22.4. The van der Waals surface area contributed by atoms with E-state index in [0.29, 0.717) is 10.0 Å². The standard InChI is InChI=1S/C41H45Cl2N3O/c1-27-21-22-28(2)45(27)40-37(25-32(26-41(3,4)5)46(40)38-35(42)19-14-20-36(38)43)47-39-33(29-15-10-8-11-16-29)23-31(44(6)7)24-34(39)30-17-12-9-13-18-30/h8-24,32,37,40H,25-26H2,1-7H3. The van der Waals surface area contributed by atoms with Crippen LogP contribution < -0.4 is 14.5 Å². The van der Waals surface area contributed by atoms with E-state index in [4.69, 9.17) is 27.9 Å². The molecule has 1 fully saturated rings. The zero-order valence-corrected chi connectivity index (χ0v) is 30.0. The average molecular weight is 667 g/mol. The van der Waals surface area contributed by atoms with Crippen LogP contribution in [0.5, 0.6) is 5.75 Å². The Morgan fingerprint density at radius 3 is 1.72 bits per heavy atom. The number of aryl methyl sites for hydroxylation is 2. The van der Waals surface area contributed by atoms with Gasteiger partial charge in [-0.15, -0.1) is 0 Å². The topological polar surface area (TPSA) is 20.6 Å². The van der Waals surface area contributed by atoms with Crippen LogP contribution in [-0.4, -0.2) is 30.8 Å². The number of ether oxygens (including phenoxy) is 1. The van der Waals surface area contributed by atoms with Crippen LogP contribution in [0, 0.1) is 19.3 Å². The Balaban J connectivity index is 1.60. The lowest BCUT2D eigenvalue weighted by Gasteiger charge is -2.38. The summed E-state index contributed by atoms with van der Waals surface area (Å²) in [6.45, 7) is 11.2. The molecule has 0 spiro atoms. The SMILES string of the molecule is Cc1ccc(C)n1C1C(Oc2c(-c3ccccc3)cc(N(C)C)cc2-c2ccccc2)CC(CC(C)(C)C)N1c1c(Cl)cccc1Cl. The van der Waals surface area contributed by atoms with E-state index in [1.807, 2.05) is 18.2 Å². The highest BCUT2D eigenvalue weighted by molar-refractivity contribution is 6.39. The minimum absolute atomic E-state index is 0.0641. The molecular formula is C41H45Cl2N3O. The molecule has 1 aliphatic rings. The van der Waals surface area contributed by atoms with Gasteiger partial charge in [0.1, 0.15) is 18.0 Å². The smallest absolute Gasteiger partial charge is 0.144 e. The van der Waals surface area contributed by atoms with Gasteiger partial charge in [0.25, 0.3) is 0 Å². The van der Waals surface area contributed by atoms with Gasteiger partial charge in [0.15, 0.2) is 0 Å². The maximum atomic E-state index is 7.54. The Morgan fingerprint density at radius 2 is 1.26 bits per heavy atom. The number of hydrogen-bond donors (Lipinski definition) is 0. The lowest BCUT2D eigenvalue weighted by atomic mass is 9.87. The number of benzene rings is 4. The molecule has 47 heavy (non-hydrogen) atoms. The highest BCUT2D eigenvalue weighted by atomic mass is 35.5. The van der Waals surface area contributed by atoms with Gasteiger partial charge in [0.05, 0.1) is 15.7 Å². The summed E-state index contributed by atoms with van der Waals surface area (Å²) in [7, 11) is 4.18. The van der Waals surface area contributed by atoms with Gasteiger partial charge in [-0.3, -0.25) is 0 Å². The Hall–Kier alpha value is -3.86. The number of anilines is 2. The summed E-state index contributed by atoms with van der Waals surface area (Å²) >= 11 is 14.1. The van der Waals surface area contributed by atoms with Crippen molar-refractivity contribution in [2.75, 3.05) is 23.9 Å². The summed E-state index contributed by atoms with van der Waals surface area (Å²) in [5.41, 5.74) is 8.74. The van der Waals surface area contributed by atoms with Crippen LogP contribution in [0.25, 0.3) is 22.3 Å². The normalized spacial score (nSPS) is 18.1. The molecule has 0 amide bonds. The molecule has 244 valence electrons. The first kappa shape index (κ1) is 33.1. The molecule has 1 saturated heterocycles. The predicted molar refractivity (Wildman–Crippen MR) is 200 cm³/mol. The number of para-hydroxylation sites is 1. The second kappa shape index (κ2) is 13.3. The lowest BCUT2D eigenvalue weighted by molar-refractivity contribution is 0.160. The van der Waals surface area contributed by atoms with Gasteiger partial charge in [-0.1, -0.05) is 111 Å². The van der Waals surface area contributed by atoms with E-state index in [9.17, 15) is 0 Å². The minimum atomic E-state index is -0.213. The highest BCUT2D eigenvalue weighted by Gasteiger charge is 2.47. The van der Waals surface area contributed by atoms with Crippen molar-refractivity contribution in [3.05, 3.63) is 125 Å². The average Bonchev–Trinajstić information content (AvgIpc) is 3.53. The number of nitrogens with zero attached hydrogens (tertiary/aromatic N) is 3. The molecular weight excluding hydrogens is 621 g/mol. The molecule has 4 nitrogen and oxygen atoms in total. The summed E-state index contributed by atoms with van der Waals surface area (Å²) < 4.78 is 9.94. The van der Waals surface area contributed by atoms with Crippen LogP contribution in [0.4, 0.5) is 11.4 Å². The summed E-state index contributed by atoms with van der Waals surface area (Å²) in [5, 5.41) is 1.30. The van der Waals surface area contributed by atoms with Crippen molar-refractivity contribution in [2.45, 2.75) is 65.8 Å². The fraction of sp³-hybridized carbons (Fsp3) is 0.317. The van der Waals surface area contributed by atoms with Crippen molar-refractivity contribution in [3.63, 3.8) is 0 Å². The van der Waals surface area contributed by atoms with E-state index in [1.165, 1.54) is 11.4 Å². The molecule has 0 saturated carbocycles. The Labute approximate surface area is 290 Å². The maximum absolute atomic E-state index is 7.54. The molecule has 2 heterocycles. The number of rotatable bonds is 8. The largest absolute Gasteiger partial charge is 0.485 e. The molecule has 0 aliphatic carbocycles. The van der Waals surface area contributed by atoms with Gasteiger partial charge in [-0.25, -0.2) is 0 Å². The highest BCUT2D eigenvalue weighted by Crippen LogP contribution is 2.50. The molecule has 0 N–H and O–H groups in total. The molecule has 5 aromatic rings. The quantitative estimate of drug-likeness (QED) is 0.164. The zero-order valence-electron chi connectivity index (χ0n) is 28.5. The monoisotopic (exact) mass is 665 g/mol. The lowest BCUT2D eigenvalue weighted by Crippen LogP contribution is -2.40. The second-order valence-electron chi connectivity index (χ2n) is 14.2. The molecule has 3 unspecified atom stereocenters. The molecule has 3 atom stereocenters. The van der Waals surface area contributed by atoms with Gasteiger partial charge in [0, 0.05) is 54.8 Å². The van der Waals surface area contributed by atoms with Crippen LogP contribution in [0.1, 0.15) is 51.2 Å². The number of hydrogen-bond acceptors (Lipinski definition) is 3. The van der Waals surface area contributed by atoms with Crippen LogP contribution in [0.3, 0.4) is 0 Å². The molecule has 6 rings (SSSR count). The molecule has 1 aliphatic heterocycles. The van der Waals surface area contributed by atoms with E-state index in [0.717, 1.165) is 52.2 Å². The molecule has 1 aromatic heterocycles. The van der Waals surface area contributed by atoms with E-state index in [-0.39, 0.29) is 23.7 Å². The van der Waals surface area contributed by atoms with E-state index >= 15 is 0 Å². The Bertz CT molecular complexity index is 1740. The first-order valence-corrected chi connectivity index (χ1v) is 17.2. The van der Waals surface area contributed by atoms with Crippen molar-refractivity contribution in [2.24, 2.45) is 5.41 Å². The van der Waals surface area contributed by atoms with Gasteiger partial charge in [-0.2, -0.15) is 0 Å². The fourth-order valence-electron chi connectivity index (χ4n) is 7.15. The molecule has 6 heteroatoms. The van der Waals surface area contributed by atoms with Crippen molar-refractivity contribution in [3.8, 4) is 28.0 Å². The van der Waals surface area contributed by atoms with Crippen LogP contribution >= 0.6 is 23.2 Å². The minimum Gasteiger partial charge on any atom is -0.485 e.